The van der Waals surface area contributed by atoms with E-state index in [0.717, 1.165) is 38.5 Å². The molecule has 0 aromatic rings. The Bertz CT molecular complexity index is 1820. The van der Waals surface area contributed by atoms with Crippen LogP contribution in [0.15, 0.2) is 11.6 Å². The summed E-state index contributed by atoms with van der Waals surface area (Å²) in [6.45, 7) is 16.7. The number of ether oxygens (including phenoxy) is 6. The summed E-state index contributed by atoms with van der Waals surface area (Å²) in [6.07, 6.45) is -17.6. The maximum atomic E-state index is 12.4. The lowest BCUT2D eigenvalue weighted by molar-refractivity contribution is -0.393. The van der Waals surface area contributed by atoms with Gasteiger partial charge in [-0.2, -0.15) is 0 Å². The number of fused-ring (bicyclic) bond motifs is 7. The number of allylic oxidation sites excluding steroid dienone is 2. The molecule has 7 fully saturated rings. The van der Waals surface area contributed by atoms with Crippen molar-refractivity contribution < 1.29 is 89.4 Å². The van der Waals surface area contributed by atoms with Crippen molar-refractivity contribution in [2.45, 2.75) is 218 Å². The highest BCUT2D eigenvalue weighted by atomic mass is 16.8. The Labute approximate surface area is 387 Å². The molecule has 5 aliphatic carbocycles. The molecule has 3 aliphatic heterocycles. The van der Waals surface area contributed by atoms with E-state index in [2.05, 4.69) is 54.5 Å². The first kappa shape index (κ1) is 50.9. The molecule has 0 bridgehead atoms. The molecule has 0 aromatic heterocycles. The fourth-order valence-corrected chi connectivity index (χ4v) is 15.2. The fourth-order valence-electron chi connectivity index (χ4n) is 15.2. The number of carboxylic acids is 1. The van der Waals surface area contributed by atoms with Crippen LogP contribution in [0.25, 0.3) is 0 Å². The van der Waals surface area contributed by atoms with Crippen LogP contribution in [0, 0.1) is 50.2 Å². The van der Waals surface area contributed by atoms with E-state index < -0.39 is 116 Å². The number of aliphatic hydroxyl groups excluding tert-OH is 10. The zero-order chi connectivity index (χ0) is 48.4. The summed E-state index contributed by atoms with van der Waals surface area (Å²) < 4.78 is 36.0. The van der Waals surface area contributed by atoms with Gasteiger partial charge in [0, 0.05) is 12.0 Å². The summed E-state index contributed by atoms with van der Waals surface area (Å²) in [4.78, 5) is 12.4. The van der Waals surface area contributed by atoms with Crippen LogP contribution in [0.3, 0.4) is 0 Å². The Balaban J connectivity index is 1.07. The minimum Gasteiger partial charge on any atom is -0.479 e. The van der Waals surface area contributed by atoms with Crippen molar-refractivity contribution in [3.8, 4) is 0 Å². The molecular weight excluding hydrogens is 865 g/mol. The predicted octanol–water partition coefficient (Wildman–Crippen LogP) is 0.705. The second kappa shape index (κ2) is 17.7. The van der Waals surface area contributed by atoms with Crippen LogP contribution >= 0.6 is 0 Å². The highest BCUT2D eigenvalue weighted by Gasteiger charge is 2.71. The second-order valence-electron chi connectivity index (χ2n) is 23.8. The van der Waals surface area contributed by atoms with Gasteiger partial charge in [-0.1, -0.05) is 60.1 Å². The molecule has 8 aliphatic rings. The highest BCUT2D eigenvalue weighted by molar-refractivity contribution is 5.73. The monoisotopic (exact) mass is 943 g/mol. The van der Waals surface area contributed by atoms with Gasteiger partial charge < -0.3 is 84.6 Å². The third-order valence-electron chi connectivity index (χ3n) is 19.2. The largest absolute Gasteiger partial charge is 0.479 e. The summed E-state index contributed by atoms with van der Waals surface area (Å²) in [7, 11) is 0. The molecule has 0 amide bonds. The van der Waals surface area contributed by atoms with Crippen molar-refractivity contribution >= 4 is 5.97 Å². The molecular formula is C48H78O18. The molecule has 18 nitrogen and oxygen atoms in total. The van der Waals surface area contributed by atoms with Gasteiger partial charge >= 0.3 is 5.97 Å². The van der Waals surface area contributed by atoms with Gasteiger partial charge in [-0.3, -0.25) is 0 Å². The lowest BCUT2D eigenvalue weighted by Crippen LogP contribution is -2.68. The van der Waals surface area contributed by atoms with E-state index in [4.69, 9.17) is 28.4 Å². The number of carbonyl (C=O) groups is 1. The molecule has 0 radical (unpaired) electrons. The highest BCUT2D eigenvalue weighted by Crippen LogP contribution is 2.77. The summed E-state index contributed by atoms with van der Waals surface area (Å²) in [5, 5.41) is 120. The van der Waals surface area contributed by atoms with E-state index in [0.29, 0.717) is 19.3 Å². The van der Waals surface area contributed by atoms with Gasteiger partial charge in [0.1, 0.15) is 61.0 Å². The molecule has 0 spiro atoms. The molecule has 4 saturated carbocycles. The third-order valence-corrected chi connectivity index (χ3v) is 19.2. The summed E-state index contributed by atoms with van der Waals surface area (Å²) in [6, 6.07) is 0. The van der Waals surface area contributed by atoms with E-state index >= 15 is 0 Å². The quantitative estimate of drug-likeness (QED) is 0.112. The van der Waals surface area contributed by atoms with E-state index in [1.165, 1.54) is 12.5 Å². The SMILES string of the molecule is C[C@@H]1O[C@@H](O[C@H]2[C@H](O[C@H]3[C@H](O[C@H]4CC[C@@]5(C)[C@H](C4)[C@](C)(CO)C[C@]4(C)[C@@H]5CC=C5[C@@H]6CC(C)(C)C[C@@H](O)[C@]6(C)CC[C@]54C)O[C@H](C(=O)O)[C@@H](O)[C@@H]3O)O[C@H](CO)[C@H](O)[C@@H]2O)[C@H](O)[C@H](O)[C@H]1O. The van der Waals surface area contributed by atoms with Gasteiger partial charge in [0.05, 0.1) is 24.9 Å². The van der Waals surface area contributed by atoms with E-state index in [1.807, 2.05) is 0 Å². The summed E-state index contributed by atoms with van der Waals surface area (Å²) in [5.41, 5.74) is 0.0463. The van der Waals surface area contributed by atoms with Crippen molar-refractivity contribution in [2.75, 3.05) is 13.2 Å². The van der Waals surface area contributed by atoms with Crippen LogP contribution in [-0.4, -0.2) is 180 Å². The number of hydrogen-bond acceptors (Lipinski definition) is 17. The average Bonchev–Trinajstić information content (AvgIpc) is 3.25. The number of rotatable bonds is 9. The van der Waals surface area contributed by atoms with Crippen molar-refractivity contribution in [3.63, 3.8) is 0 Å². The topological polar surface area (TPSA) is 295 Å². The second-order valence-corrected chi connectivity index (χ2v) is 23.8. The molecule has 0 aromatic carbocycles. The normalized spacial score (nSPS) is 55.9. The van der Waals surface area contributed by atoms with Gasteiger partial charge in [-0.15, -0.1) is 0 Å². The summed E-state index contributed by atoms with van der Waals surface area (Å²) >= 11 is 0. The number of aliphatic carboxylic acids is 1. The third kappa shape index (κ3) is 7.96. The Kier molecular flexibility index (Phi) is 13.7. The number of hydrogen-bond donors (Lipinski definition) is 11. The first-order chi connectivity index (χ1) is 30.7. The predicted molar refractivity (Wildman–Crippen MR) is 231 cm³/mol. The molecule has 18 heteroatoms. The van der Waals surface area contributed by atoms with Gasteiger partial charge in [0.25, 0.3) is 0 Å². The number of aliphatic hydroxyl groups is 10. The average molecular weight is 943 g/mol. The van der Waals surface area contributed by atoms with Gasteiger partial charge in [-0.05, 0) is 110 Å². The first-order valence-electron chi connectivity index (χ1n) is 24.2. The summed E-state index contributed by atoms with van der Waals surface area (Å²) in [5.74, 6) is -1.17. The van der Waals surface area contributed by atoms with Gasteiger partial charge in [0.15, 0.2) is 25.0 Å². The van der Waals surface area contributed by atoms with Crippen molar-refractivity contribution in [3.05, 3.63) is 11.6 Å². The molecule has 378 valence electrons. The Morgan fingerprint density at radius 1 is 0.697 bits per heavy atom. The lowest BCUT2D eigenvalue weighted by atomic mass is 9.32. The Hall–Kier alpha value is -1.43. The van der Waals surface area contributed by atoms with Crippen LogP contribution < -0.4 is 0 Å². The van der Waals surface area contributed by atoms with Crippen LogP contribution in [0.5, 0.6) is 0 Å². The van der Waals surface area contributed by atoms with Crippen LogP contribution in [0.1, 0.15) is 113 Å². The zero-order valence-electron chi connectivity index (χ0n) is 39.7. The van der Waals surface area contributed by atoms with Gasteiger partial charge in [0.2, 0.25) is 0 Å². The van der Waals surface area contributed by atoms with E-state index in [9.17, 15) is 61.0 Å². The molecule has 0 unspecified atom stereocenters. The smallest absolute Gasteiger partial charge is 0.335 e. The van der Waals surface area contributed by atoms with Crippen LogP contribution in [0.4, 0.5) is 0 Å². The van der Waals surface area contributed by atoms with Crippen molar-refractivity contribution in [2.24, 2.45) is 50.2 Å². The maximum absolute atomic E-state index is 12.4. The standard InChI is InChI=1S/C48H78O18/c1-21-29(52)31(54)35(58)40(61-21)65-37-32(55)30(53)25(18-49)63-42(37)66-38-34(57)33(56)36(39(59)60)64-41(38)62-22-11-12-46(6)26-10-9-23-24-16-43(2,3)17-28(51)45(24,5)13-14-47(23,7)48(26,8)19-44(4,20-50)27(46)15-22/h9,21-22,24-38,40-42,49-58H,10-20H2,1-8H3,(H,59,60)/t21-,22-,24-,25+,26+,27+,28+,29-,30-,31+,32-,33-,34-,35+,36-,37+,38+,40-,41+,42-,44-,45+,46+,47+,48+/m0/s1. The van der Waals surface area contributed by atoms with Crippen molar-refractivity contribution in [1.29, 1.82) is 0 Å². The lowest BCUT2D eigenvalue weighted by Gasteiger charge is -2.73. The molecule has 3 saturated heterocycles. The fraction of sp³-hybridized carbons (Fsp3) is 0.938. The zero-order valence-corrected chi connectivity index (χ0v) is 39.7. The maximum Gasteiger partial charge on any atom is 0.335 e. The van der Waals surface area contributed by atoms with Crippen LogP contribution in [0.2, 0.25) is 0 Å². The molecule has 66 heavy (non-hydrogen) atoms. The minimum atomic E-state index is -2.05. The molecule has 25 atom stereocenters. The minimum absolute atomic E-state index is 0.000632. The first-order valence-corrected chi connectivity index (χ1v) is 24.2. The van der Waals surface area contributed by atoms with Gasteiger partial charge in [-0.25, -0.2) is 4.79 Å². The Morgan fingerprint density at radius 2 is 1.33 bits per heavy atom. The van der Waals surface area contributed by atoms with Crippen LogP contribution in [-0.2, 0) is 33.2 Å². The number of carboxylic acid groups (broad SMARTS) is 1. The molecule has 11 N–H and O–H groups in total. The molecule has 8 rings (SSSR count). The van der Waals surface area contributed by atoms with E-state index in [-0.39, 0.29) is 57.5 Å². The van der Waals surface area contributed by atoms with Crippen molar-refractivity contribution in [1.82, 2.24) is 0 Å². The molecule has 3 heterocycles. The Morgan fingerprint density at radius 3 is 1.97 bits per heavy atom. The van der Waals surface area contributed by atoms with E-state index in [1.54, 1.807) is 0 Å².